The van der Waals surface area contributed by atoms with E-state index in [0.717, 1.165) is 27.4 Å². The first-order valence-corrected chi connectivity index (χ1v) is 8.63. The smallest absolute Gasteiger partial charge is 0.399 e. The molecule has 1 aliphatic rings. The zero-order valence-electron chi connectivity index (χ0n) is 15.2. The molecular weight excluding hydrogens is 322 g/mol. The Morgan fingerprint density at radius 1 is 1.08 bits per heavy atom. The Morgan fingerprint density at radius 3 is 2.25 bits per heavy atom. The van der Waals surface area contributed by atoms with Crippen molar-refractivity contribution in [2.24, 2.45) is 0 Å². The van der Waals surface area contributed by atoms with Crippen molar-refractivity contribution in [1.82, 2.24) is 9.78 Å². The van der Waals surface area contributed by atoms with Gasteiger partial charge in [-0.1, -0.05) is 29.8 Å². The molecule has 0 saturated carbocycles. The Balaban J connectivity index is 1.92. The summed E-state index contributed by atoms with van der Waals surface area (Å²) in [5, 5.41) is 5.44. The maximum absolute atomic E-state index is 6.28. The number of rotatable bonds is 3. The van der Waals surface area contributed by atoms with Crippen LogP contribution in [-0.2, 0) is 15.9 Å². The van der Waals surface area contributed by atoms with Crippen molar-refractivity contribution in [2.75, 3.05) is 0 Å². The lowest BCUT2D eigenvalue weighted by Crippen LogP contribution is -2.41. The zero-order chi connectivity index (χ0) is 17.7. The summed E-state index contributed by atoms with van der Waals surface area (Å²) in [4.78, 5) is 0. The van der Waals surface area contributed by atoms with Gasteiger partial charge in [0, 0.05) is 16.2 Å². The fraction of sp³-hybridized carbons (Fsp3) is 0.500. The fourth-order valence-corrected chi connectivity index (χ4v) is 3.15. The van der Waals surface area contributed by atoms with Crippen LogP contribution in [0.2, 0.25) is 5.02 Å². The molecule has 0 amide bonds. The molecule has 0 N–H and O–H groups in total. The summed E-state index contributed by atoms with van der Waals surface area (Å²) in [5.41, 5.74) is 3.32. The van der Waals surface area contributed by atoms with Crippen molar-refractivity contribution in [1.29, 1.82) is 0 Å². The lowest BCUT2D eigenvalue weighted by Gasteiger charge is -2.32. The maximum Gasteiger partial charge on any atom is 0.498 e. The molecule has 0 bridgehead atoms. The van der Waals surface area contributed by atoms with Gasteiger partial charge in [0.2, 0.25) is 0 Å². The minimum Gasteiger partial charge on any atom is -0.399 e. The zero-order valence-corrected chi connectivity index (χ0v) is 15.9. The quantitative estimate of drug-likeness (QED) is 0.798. The molecule has 0 spiro atoms. The Kier molecular flexibility index (Phi) is 4.31. The Bertz CT molecular complexity index is 754. The van der Waals surface area contributed by atoms with Gasteiger partial charge in [-0.05, 0) is 53.2 Å². The molecule has 4 nitrogen and oxygen atoms in total. The number of nitrogens with zero attached hydrogens (tertiary/aromatic N) is 2. The summed E-state index contributed by atoms with van der Waals surface area (Å²) < 4.78 is 14.4. The van der Waals surface area contributed by atoms with Gasteiger partial charge in [-0.3, -0.25) is 4.68 Å². The van der Waals surface area contributed by atoms with E-state index in [1.165, 1.54) is 0 Å². The molecule has 1 saturated heterocycles. The van der Waals surface area contributed by atoms with E-state index in [4.69, 9.17) is 20.9 Å². The summed E-state index contributed by atoms with van der Waals surface area (Å²) in [6.07, 6.45) is 0. The third kappa shape index (κ3) is 2.89. The molecule has 1 aromatic carbocycles. The maximum atomic E-state index is 6.28. The first-order valence-electron chi connectivity index (χ1n) is 8.25. The highest BCUT2D eigenvalue weighted by Gasteiger charge is 2.53. The van der Waals surface area contributed by atoms with Crippen LogP contribution in [0.3, 0.4) is 0 Å². The van der Waals surface area contributed by atoms with Crippen LogP contribution < -0.4 is 5.46 Å². The van der Waals surface area contributed by atoms with Gasteiger partial charge in [0.15, 0.2) is 0 Å². The van der Waals surface area contributed by atoms with E-state index >= 15 is 0 Å². The van der Waals surface area contributed by atoms with Gasteiger partial charge in [-0.2, -0.15) is 5.10 Å². The van der Waals surface area contributed by atoms with Crippen LogP contribution >= 0.6 is 11.6 Å². The van der Waals surface area contributed by atoms with Crippen LogP contribution in [0.1, 0.15) is 44.6 Å². The topological polar surface area (TPSA) is 36.3 Å². The average Bonchev–Trinajstić information content (AvgIpc) is 2.85. The summed E-state index contributed by atoms with van der Waals surface area (Å²) in [7, 11) is -0.394. The van der Waals surface area contributed by atoms with E-state index in [0.29, 0.717) is 6.54 Å². The second-order valence-electron chi connectivity index (χ2n) is 7.42. The SMILES string of the molecule is Cc1nn(Cc2ccccc2Cl)c(C)c1B1OC(C)(C)C(C)(C)O1. The second-order valence-corrected chi connectivity index (χ2v) is 7.83. The molecule has 128 valence electrons. The Labute approximate surface area is 149 Å². The lowest BCUT2D eigenvalue weighted by atomic mass is 9.77. The summed E-state index contributed by atoms with van der Waals surface area (Å²) >= 11 is 6.28. The highest BCUT2D eigenvalue weighted by atomic mass is 35.5. The van der Waals surface area contributed by atoms with Crippen LogP contribution in [0, 0.1) is 13.8 Å². The third-order valence-corrected chi connectivity index (χ3v) is 5.57. The van der Waals surface area contributed by atoms with Crippen molar-refractivity contribution in [2.45, 2.75) is 59.3 Å². The van der Waals surface area contributed by atoms with Crippen molar-refractivity contribution in [3.05, 3.63) is 46.2 Å². The van der Waals surface area contributed by atoms with E-state index < -0.39 is 7.12 Å². The van der Waals surface area contributed by atoms with Crippen LogP contribution in [0.5, 0.6) is 0 Å². The van der Waals surface area contributed by atoms with Crippen LogP contribution in [0.4, 0.5) is 0 Å². The number of aromatic nitrogens is 2. The molecule has 6 heteroatoms. The predicted molar refractivity (Wildman–Crippen MR) is 98.0 cm³/mol. The number of hydrogen-bond donors (Lipinski definition) is 0. The van der Waals surface area contributed by atoms with E-state index in [9.17, 15) is 0 Å². The average molecular weight is 347 g/mol. The Hall–Kier alpha value is -1.30. The molecule has 1 aromatic heterocycles. The van der Waals surface area contributed by atoms with Gasteiger partial charge < -0.3 is 9.31 Å². The van der Waals surface area contributed by atoms with Crippen LogP contribution in [0.25, 0.3) is 0 Å². The molecular formula is C18H24BClN2O2. The highest BCUT2D eigenvalue weighted by molar-refractivity contribution is 6.63. The van der Waals surface area contributed by atoms with Gasteiger partial charge in [0.1, 0.15) is 0 Å². The number of halogens is 1. The normalized spacial score (nSPS) is 19.0. The van der Waals surface area contributed by atoms with Gasteiger partial charge >= 0.3 is 7.12 Å². The van der Waals surface area contributed by atoms with Crippen molar-refractivity contribution < 1.29 is 9.31 Å². The highest BCUT2D eigenvalue weighted by Crippen LogP contribution is 2.37. The first kappa shape index (κ1) is 17.5. The predicted octanol–water partition coefficient (Wildman–Crippen LogP) is 3.50. The van der Waals surface area contributed by atoms with E-state index in [-0.39, 0.29) is 11.2 Å². The van der Waals surface area contributed by atoms with Crippen molar-refractivity contribution in [3.8, 4) is 0 Å². The lowest BCUT2D eigenvalue weighted by molar-refractivity contribution is 0.00578. The molecule has 2 heterocycles. The van der Waals surface area contributed by atoms with Crippen molar-refractivity contribution in [3.63, 3.8) is 0 Å². The standard InChI is InChI=1S/C18H24BClN2O2/c1-12-16(19-23-17(3,4)18(5,6)24-19)13(2)22(21-12)11-14-9-7-8-10-15(14)20/h7-10H,11H2,1-6H3. The molecule has 2 aromatic rings. The fourth-order valence-electron chi connectivity index (χ4n) is 2.95. The van der Waals surface area contributed by atoms with Crippen LogP contribution in [-0.4, -0.2) is 28.1 Å². The molecule has 1 fully saturated rings. The molecule has 0 atom stereocenters. The molecule has 24 heavy (non-hydrogen) atoms. The van der Waals surface area contributed by atoms with Gasteiger partial charge in [0.25, 0.3) is 0 Å². The van der Waals surface area contributed by atoms with E-state index in [1.54, 1.807) is 0 Å². The summed E-state index contributed by atoms with van der Waals surface area (Å²) in [5.74, 6) is 0. The molecule has 0 radical (unpaired) electrons. The van der Waals surface area contributed by atoms with Gasteiger partial charge in [-0.15, -0.1) is 0 Å². The number of hydrogen-bond acceptors (Lipinski definition) is 3. The van der Waals surface area contributed by atoms with Crippen LogP contribution in [0.15, 0.2) is 24.3 Å². The minimum atomic E-state index is -0.394. The number of aryl methyl sites for hydroxylation is 1. The largest absolute Gasteiger partial charge is 0.498 e. The summed E-state index contributed by atoms with van der Waals surface area (Å²) in [6, 6.07) is 7.84. The second kappa shape index (κ2) is 5.90. The summed E-state index contributed by atoms with van der Waals surface area (Å²) in [6.45, 7) is 12.9. The molecule has 3 rings (SSSR count). The van der Waals surface area contributed by atoms with Gasteiger partial charge in [0.05, 0.1) is 23.4 Å². The monoisotopic (exact) mass is 346 g/mol. The Morgan fingerprint density at radius 2 is 1.67 bits per heavy atom. The third-order valence-electron chi connectivity index (χ3n) is 5.20. The minimum absolute atomic E-state index is 0.360. The van der Waals surface area contributed by atoms with E-state index in [1.807, 2.05) is 35.9 Å². The number of benzene rings is 1. The van der Waals surface area contributed by atoms with E-state index in [2.05, 4.69) is 39.7 Å². The van der Waals surface area contributed by atoms with Gasteiger partial charge in [-0.25, -0.2) is 0 Å². The molecule has 0 unspecified atom stereocenters. The molecule has 1 aliphatic heterocycles. The first-order chi connectivity index (χ1) is 11.1. The molecule has 0 aliphatic carbocycles. The van der Waals surface area contributed by atoms with Crippen molar-refractivity contribution >= 4 is 24.2 Å².